The van der Waals surface area contributed by atoms with Crippen LogP contribution in [-0.2, 0) is 17.8 Å². The number of rotatable bonds is 5. The quantitative estimate of drug-likeness (QED) is 0.850. The van der Waals surface area contributed by atoms with Gasteiger partial charge in [-0.2, -0.15) is 5.26 Å². The number of hydrogen-bond acceptors (Lipinski definition) is 2. The second kappa shape index (κ2) is 7.37. The molecule has 2 rings (SSSR count). The highest BCUT2D eigenvalue weighted by Crippen LogP contribution is 2.11. The van der Waals surface area contributed by atoms with Crippen molar-refractivity contribution in [2.75, 3.05) is 7.05 Å². The minimum Gasteiger partial charge on any atom is -0.341 e. The second-order valence-electron chi connectivity index (χ2n) is 5.15. The Morgan fingerprint density at radius 2 is 1.86 bits per heavy atom. The topological polar surface area (TPSA) is 44.1 Å². The molecule has 22 heavy (non-hydrogen) atoms. The summed E-state index contributed by atoms with van der Waals surface area (Å²) in [4.78, 5) is 13.6. The van der Waals surface area contributed by atoms with E-state index in [9.17, 15) is 9.18 Å². The highest BCUT2D eigenvalue weighted by Gasteiger charge is 2.11. The number of amides is 1. The smallest absolute Gasteiger partial charge is 0.222 e. The van der Waals surface area contributed by atoms with Gasteiger partial charge < -0.3 is 4.90 Å². The molecule has 1 amide bonds. The fourth-order valence-electron chi connectivity index (χ4n) is 2.16. The van der Waals surface area contributed by atoms with Gasteiger partial charge in [-0.05, 0) is 30.2 Å². The van der Waals surface area contributed by atoms with Gasteiger partial charge in [0, 0.05) is 25.6 Å². The van der Waals surface area contributed by atoms with Gasteiger partial charge in [0.15, 0.2) is 0 Å². The summed E-state index contributed by atoms with van der Waals surface area (Å²) in [5.41, 5.74) is 2.12. The Hall–Kier alpha value is -2.67. The number of nitriles is 1. The van der Waals surface area contributed by atoms with Crippen LogP contribution in [0.1, 0.15) is 23.1 Å². The molecule has 0 N–H and O–H groups in total. The van der Waals surface area contributed by atoms with E-state index in [0.29, 0.717) is 24.0 Å². The van der Waals surface area contributed by atoms with Gasteiger partial charge in [0.25, 0.3) is 0 Å². The van der Waals surface area contributed by atoms with Crippen molar-refractivity contribution in [3.05, 3.63) is 71.0 Å². The second-order valence-corrected chi connectivity index (χ2v) is 5.15. The van der Waals surface area contributed by atoms with Crippen molar-refractivity contribution in [1.29, 1.82) is 5.26 Å². The van der Waals surface area contributed by atoms with E-state index in [-0.39, 0.29) is 18.3 Å². The SMILES string of the molecule is CN(Cc1ccccc1F)C(=O)CCc1ccc(C#N)cc1. The van der Waals surface area contributed by atoms with E-state index in [0.717, 1.165) is 5.56 Å². The Balaban J connectivity index is 1.88. The first kappa shape index (κ1) is 15.7. The van der Waals surface area contributed by atoms with Crippen LogP contribution in [-0.4, -0.2) is 17.9 Å². The molecule has 2 aromatic carbocycles. The molecule has 0 aromatic heterocycles. The highest BCUT2D eigenvalue weighted by molar-refractivity contribution is 5.76. The molecule has 2 aromatic rings. The zero-order valence-electron chi connectivity index (χ0n) is 12.4. The van der Waals surface area contributed by atoms with Crippen molar-refractivity contribution in [2.24, 2.45) is 0 Å². The van der Waals surface area contributed by atoms with Gasteiger partial charge in [-0.3, -0.25) is 4.79 Å². The predicted octanol–water partition coefficient (Wildman–Crippen LogP) is 3.29. The molecule has 0 aliphatic carbocycles. The molecular weight excluding hydrogens is 279 g/mol. The summed E-state index contributed by atoms with van der Waals surface area (Å²) in [7, 11) is 1.67. The van der Waals surface area contributed by atoms with Gasteiger partial charge in [0.1, 0.15) is 5.82 Å². The fourth-order valence-corrected chi connectivity index (χ4v) is 2.16. The molecule has 0 bridgehead atoms. The third-order valence-electron chi connectivity index (χ3n) is 3.50. The van der Waals surface area contributed by atoms with E-state index in [1.165, 1.54) is 11.0 Å². The number of halogens is 1. The van der Waals surface area contributed by atoms with E-state index >= 15 is 0 Å². The third kappa shape index (κ3) is 4.16. The summed E-state index contributed by atoms with van der Waals surface area (Å²) < 4.78 is 13.6. The van der Waals surface area contributed by atoms with Gasteiger partial charge >= 0.3 is 0 Å². The number of nitrogens with zero attached hydrogens (tertiary/aromatic N) is 2. The van der Waals surface area contributed by atoms with Crippen LogP contribution in [0.2, 0.25) is 0 Å². The molecule has 0 heterocycles. The number of benzene rings is 2. The van der Waals surface area contributed by atoms with Gasteiger partial charge in [-0.15, -0.1) is 0 Å². The maximum Gasteiger partial charge on any atom is 0.222 e. The van der Waals surface area contributed by atoms with Crippen LogP contribution in [0.3, 0.4) is 0 Å². The fraction of sp³-hybridized carbons (Fsp3) is 0.222. The van der Waals surface area contributed by atoms with Crippen LogP contribution < -0.4 is 0 Å². The van der Waals surface area contributed by atoms with Crippen molar-refractivity contribution in [3.63, 3.8) is 0 Å². The summed E-state index contributed by atoms with van der Waals surface area (Å²) in [6, 6.07) is 15.7. The zero-order chi connectivity index (χ0) is 15.9. The van der Waals surface area contributed by atoms with E-state index in [1.807, 2.05) is 12.1 Å². The largest absolute Gasteiger partial charge is 0.341 e. The summed E-state index contributed by atoms with van der Waals surface area (Å²) in [6.07, 6.45) is 0.961. The molecule has 0 aliphatic heterocycles. The molecule has 3 nitrogen and oxygen atoms in total. The Morgan fingerprint density at radius 3 is 2.50 bits per heavy atom. The maximum absolute atomic E-state index is 13.6. The van der Waals surface area contributed by atoms with Crippen LogP contribution in [0.4, 0.5) is 4.39 Å². The van der Waals surface area contributed by atoms with Crippen LogP contribution in [0.15, 0.2) is 48.5 Å². The molecule has 112 valence electrons. The summed E-state index contributed by atoms with van der Waals surface area (Å²) in [6.45, 7) is 0.263. The molecule has 4 heteroatoms. The number of carbonyl (C=O) groups excluding carboxylic acids is 1. The minimum absolute atomic E-state index is 0.0346. The molecule has 0 fully saturated rings. The normalized spacial score (nSPS) is 10.0. The van der Waals surface area contributed by atoms with Gasteiger partial charge in [0.05, 0.1) is 11.6 Å². The standard InChI is InChI=1S/C18H17FN2O/c1-21(13-16-4-2-3-5-17(16)19)18(22)11-10-14-6-8-15(12-20)9-7-14/h2-9H,10-11,13H2,1H3. The molecule has 0 radical (unpaired) electrons. The predicted molar refractivity (Wildman–Crippen MR) is 82.4 cm³/mol. The lowest BCUT2D eigenvalue weighted by Gasteiger charge is -2.17. The van der Waals surface area contributed by atoms with Crippen LogP contribution in [0, 0.1) is 17.1 Å². The van der Waals surface area contributed by atoms with E-state index in [1.54, 1.807) is 37.4 Å². The van der Waals surface area contributed by atoms with E-state index in [4.69, 9.17) is 5.26 Å². The van der Waals surface area contributed by atoms with Crippen molar-refractivity contribution < 1.29 is 9.18 Å². The van der Waals surface area contributed by atoms with Gasteiger partial charge in [-0.1, -0.05) is 30.3 Å². The summed E-state index contributed by atoms with van der Waals surface area (Å²) >= 11 is 0. The first-order chi connectivity index (χ1) is 10.6. The van der Waals surface area contributed by atoms with Crippen molar-refractivity contribution in [2.45, 2.75) is 19.4 Å². The average molecular weight is 296 g/mol. The maximum atomic E-state index is 13.6. The third-order valence-corrected chi connectivity index (χ3v) is 3.50. The molecule has 0 aliphatic rings. The van der Waals surface area contributed by atoms with Crippen LogP contribution in [0.25, 0.3) is 0 Å². The van der Waals surface area contributed by atoms with Crippen LogP contribution in [0.5, 0.6) is 0 Å². The number of aryl methyl sites for hydroxylation is 1. The summed E-state index contributed by atoms with van der Waals surface area (Å²) in [5.74, 6) is -0.332. The Labute approximate surface area is 129 Å². The zero-order valence-corrected chi connectivity index (χ0v) is 12.4. The van der Waals surface area contributed by atoms with Crippen LogP contribution >= 0.6 is 0 Å². The lowest BCUT2D eigenvalue weighted by Crippen LogP contribution is -2.26. The van der Waals surface area contributed by atoms with E-state index in [2.05, 4.69) is 6.07 Å². The monoisotopic (exact) mass is 296 g/mol. The molecule has 0 atom stereocenters. The van der Waals surface area contributed by atoms with Gasteiger partial charge in [0.2, 0.25) is 5.91 Å². The van der Waals surface area contributed by atoms with E-state index < -0.39 is 0 Å². The first-order valence-corrected chi connectivity index (χ1v) is 7.06. The molecular formula is C18H17FN2O. The lowest BCUT2D eigenvalue weighted by molar-refractivity contribution is -0.130. The minimum atomic E-state index is -0.297. The molecule has 0 unspecified atom stereocenters. The lowest BCUT2D eigenvalue weighted by atomic mass is 10.1. The Kier molecular flexibility index (Phi) is 5.26. The van der Waals surface area contributed by atoms with Crippen molar-refractivity contribution in [1.82, 2.24) is 4.90 Å². The van der Waals surface area contributed by atoms with Crippen molar-refractivity contribution >= 4 is 5.91 Å². The first-order valence-electron chi connectivity index (χ1n) is 7.06. The highest BCUT2D eigenvalue weighted by atomic mass is 19.1. The average Bonchev–Trinajstić information content (AvgIpc) is 2.55. The summed E-state index contributed by atoms with van der Waals surface area (Å²) in [5, 5.41) is 8.74. The molecule has 0 spiro atoms. The number of carbonyl (C=O) groups is 1. The Bertz CT molecular complexity index is 689. The number of hydrogen-bond donors (Lipinski definition) is 0. The van der Waals surface area contributed by atoms with Crippen molar-refractivity contribution in [3.8, 4) is 6.07 Å². The molecule has 0 saturated carbocycles. The molecule has 0 saturated heterocycles. The Morgan fingerprint density at radius 1 is 1.18 bits per heavy atom. The van der Waals surface area contributed by atoms with Gasteiger partial charge in [-0.25, -0.2) is 4.39 Å².